The molecule has 1 aromatic carbocycles. The van der Waals surface area contributed by atoms with Gasteiger partial charge in [-0.2, -0.15) is 0 Å². The summed E-state index contributed by atoms with van der Waals surface area (Å²) in [6.07, 6.45) is 3.66. The smallest absolute Gasteiger partial charge is 0.196 e. The molecule has 0 amide bonds. The van der Waals surface area contributed by atoms with E-state index in [0.29, 0.717) is 11.1 Å². The first-order valence-electron chi connectivity index (χ1n) is 7.76. The fraction of sp³-hybridized carbons (Fsp3) is 0.412. The van der Waals surface area contributed by atoms with Crippen molar-refractivity contribution in [1.82, 2.24) is 9.97 Å². The van der Waals surface area contributed by atoms with Crippen molar-refractivity contribution in [3.05, 3.63) is 29.0 Å². The monoisotopic (exact) mass is 315 g/mol. The lowest BCUT2D eigenvalue weighted by atomic mass is 10.0. The highest BCUT2D eigenvalue weighted by Crippen LogP contribution is 2.36. The summed E-state index contributed by atoms with van der Waals surface area (Å²) in [6, 6.07) is 6.13. The van der Waals surface area contributed by atoms with Crippen LogP contribution in [-0.4, -0.2) is 22.6 Å². The SMILES string of the molecule is Cc1nc(N2CCCCC2C)c2oc3ccc(Cl)cc3c2n1. The summed E-state index contributed by atoms with van der Waals surface area (Å²) >= 11 is 6.13. The van der Waals surface area contributed by atoms with Crippen LogP contribution >= 0.6 is 11.6 Å². The first kappa shape index (κ1) is 13.8. The number of hydrogen-bond acceptors (Lipinski definition) is 4. The van der Waals surface area contributed by atoms with E-state index >= 15 is 0 Å². The number of benzene rings is 1. The third-order valence-corrected chi connectivity index (χ3v) is 4.68. The van der Waals surface area contributed by atoms with Gasteiger partial charge < -0.3 is 9.32 Å². The first-order valence-corrected chi connectivity index (χ1v) is 8.14. The van der Waals surface area contributed by atoms with Crippen molar-refractivity contribution in [2.45, 2.75) is 39.2 Å². The van der Waals surface area contributed by atoms with Gasteiger partial charge in [0, 0.05) is 23.0 Å². The molecule has 0 N–H and O–H groups in total. The Morgan fingerprint density at radius 1 is 1.27 bits per heavy atom. The maximum atomic E-state index is 6.13. The number of fused-ring (bicyclic) bond motifs is 3. The van der Waals surface area contributed by atoms with Gasteiger partial charge in [-0.1, -0.05) is 11.6 Å². The van der Waals surface area contributed by atoms with Gasteiger partial charge in [0.05, 0.1) is 0 Å². The number of rotatable bonds is 1. The molecule has 0 spiro atoms. The van der Waals surface area contributed by atoms with Gasteiger partial charge in [-0.15, -0.1) is 0 Å². The molecule has 1 saturated heterocycles. The molecule has 0 saturated carbocycles. The molecule has 1 aliphatic heterocycles. The van der Waals surface area contributed by atoms with Crippen LogP contribution in [-0.2, 0) is 0 Å². The van der Waals surface area contributed by atoms with E-state index in [9.17, 15) is 0 Å². The van der Waals surface area contributed by atoms with E-state index in [1.165, 1.54) is 19.3 Å². The van der Waals surface area contributed by atoms with Gasteiger partial charge in [0.15, 0.2) is 11.4 Å². The highest BCUT2D eigenvalue weighted by atomic mass is 35.5. The van der Waals surface area contributed by atoms with E-state index in [1.54, 1.807) is 0 Å². The van der Waals surface area contributed by atoms with E-state index in [1.807, 2.05) is 25.1 Å². The lowest BCUT2D eigenvalue weighted by molar-refractivity contribution is 0.479. The van der Waals surface area contributed by atoms with E-state index in [-0.39, 0.29) is 0 Å². The van der Waals surface area contributed by atoms with Crippen molar-refractivity contribution in [2.24, 2.45) is 0 Å². The van der Waals surface area contributed by atoms with Gasteiger partial charge in [-0.3, -0.25) is 0 Å². The summed E-state index contributed by atoms with van der Waals surface area (Å²) in [5.41, 5.74) is 2.44. The minimum atomic E-state index is 0.475. The average molecular weight is 316 g/mol. The first-order chi connectivity index (χ1) is 10.6. The van der Waals surface area contributed by atoms with E-state index in [4.69, 9.17) is 16.0 Å². The molecule has 1 atom stereocenters. The fourth-order valence-corrected chi connectivity index (χ4v) is 3.49. The predicted octanol–water partition coefficient (Wildman–Crippen LogP) is 4.72. The maximum Gasteiger partial charge on any atom is 0.196 e. The van der Waals surface area contributed by atoms with Crippen molar-refractivity contribution >= 4 is 39.5 Å². The minimum absolute atomic E-state index is 0.475. The zero-order valence-corrected chi connectivity index (χ0v) is 13.5. The molecule has 1 unspecified atom stereocenters. The Kier molecular flexibility index (Phi) is 3.22. The number of aryl methyl sites for hydroxylation is 1. The van der Waals surface area contributed by atoms with Crippen molar-refractivity contribution in [1.29, 1.82) is 0 Å². The highest BCUT2D eigenvalue weighted by Gasteiger charge is 2.25. The lowest BCUT2D eigenvalue weighted by Gasteiger charge is -2.34. The highest BCUT2D eigenvalue weighted by molar-refractivity contribution is 6.31. The second kappa shape index (κ2) is 5.13. The summed E-state index contributed by atoms with van der Waals surface area (Å²) in [6.45, 7) is 5.20. The zero-order chi connectivity index (χ0) is 15.3. The summed E-state index contributed by atoms with van der Waals surface area (Å²) in [7, 11) is 0. The zero-order valence-electron chi connectivity index (χ0n) is 12.8. The number of aromatic nitrogens is 2. The predicted molar refractivity (Wildman–Crippen MR) is 89.7 cm³/mol. The van der Waals surface area contributed by atoms with Gasteiger partial charge in [0.1, 0.15) is 16.9 Å². The molecule has 5 heteroatoms. The number of furan rings is 1. The maximum absolute atomic E-state index is 6.13. The Balaban J connectivity index is 2.00. The molecule has 22 heavy (non-hydrogen) atoms. The standard InChI is InChI=1S/C17H18ClN3O/c1-10-5-3-4-8-21(10)17-16-15(19-11(2)20-17)13-9-12(18)6-7-14(13)22-16/h6-7,9-10H,3-5,8H2,1-2H3. The minimum Gasteiger partial charge on any atom is -0.450 e. The molecule has 3 aromatic rings. The van der Waals surface area contributed by atoms with Crippen LogP contribution in [0.15, 0.2) is 22.6 Å². The Hall–Kier alpha value is -1.81. The summed E-state index contributed by atoms with van der Waals surface area (Å²) in [5.74, 6) is 1.69. The Labute approximate surface area is 134 Å². The van der Waals surface area contributed by atoms with Crippen LogP contribution in [0.1, 0.15) is 32.0 Å². The van der Waals surface area contributed by atoms with Crippen LogP contribution in [0, 0.1) is 6.92 Å². The van der Waals surface area contributed by atoms with E-state index in [2.05, 4.69) is 21.8 Å². The molecule has 114 valence electrons. The fourth-order valence-electron chi connectivity index (χ4n) is 3.32. The molecule has 0 radical (unpaired) electrons. The van der Waals surface area contributed by atoms with Crippen LogP contribution < -0.4 is 4.90 Å². The van der Waals surface area contributed by atoms with Crippen LogP contribution in [0.2, 0.25) is 5.02 Å². The van der Waals surface area contributed by atoms with Gasteiger partial charge in [0.2, 0.25) is 0 Å². The molecule has 0 aliphatic carbocycles. The third-order valence-electron chi connectivity index (χ3n) is 4.44. The Morgan fingerprint density at radius 2 is 2.14 bits per heavy atom. The molecule has 1 aliphatic rings. The van der Waals surface area contributed by atoms with Crippen LogP contribution in [0.5, 0.6) is 0 Å². The topological polar surface area (TPSA) is 42.2 Å². The summed E-state index contributed by atoms with van der Waals surface area (Å²) in [5, 5.41) is 1.65. The lowest BCUT2D eigenvalue weighted by Crippen LogP contribution is -2.38. The second-order valence-corrected chi connectivity index (χ2v) is 6.49. The van der Waals surface area contributed by atoms with E-state index < -0.39 is 0 Å². The van der Waals surface area contributed by atoms with Crippen molar-refractivity contribution in [2.75, 3.05) is 11.4 Å². The van der Waals surface area contributed by atoms with Crippen LogP contribution in [0.25, 0.3) is 22.1 Å². The number of halogens is 1. The molecule has 4 rings (SSSR count). The molecule has 1 fully saturated rings. The molecule has 3 heterocycles. The van der Waals surface area contributed by atoms with E-state index in [0.717, 1.165) is 40.3 Å². The van der Waals surface area contributed by atoms with Crippen LogP contribution in [0.3, 0.4) is 0 Å². The molecule has 2 aromatic heterocycles. The molecule has 0 bridgehead atoms. The normalized spacial score (nSPS) is 19.2. The summed E-state index contributed by atoms with van der Waals surface area (Å²) in [4.78, 5) is 11.6. The van der Waals surface area contributed by atoms with Gasteiger partial charge in [-0.25, -0.2) is 9.97 Å². The number of anilines is 1. The van der Waals surface area contributed by atoms with Crippen LogP contribution in [0.4, 0.5) is 5.82 Å². The Bertz CT molecular complexity index is 858. The Morgan fingerprint density at radius 3 is 2.95 bits per heavy atom. The third kappa shape index (κ3) is 2.13. The molecular formula is C17H18ClN3O. The quantitative estimate of drug-likeness (QED) is 0.652. The molecule has 4 nitrogen and oxygen atoms in total. The van der Waals surface area contributed by atoms with Gasteiger partial charge >= 0.3 is 0 Å². The number of piperidine rings is 1. The number of nitrogens with zero attached hydrogens (tertiary/aromatic N) is 3. The largest absolute Gasteiger partial charge is 0.450 e. The van der Waals surface area contributed by atoms with Gasteiger partial charge in [-0.05, 0) is 51.3 Å². The molecular weight excluding hydrogens is 298 g/mol. The number of hydrogen-bond donors (Lipinski definition) is 0. The average Bonchev–Trinajstić information content (AvgIpc) is 2.85. The second-order valence-electron chi connectivity index (χ2n) is 6.05. The van der Waals surface area contributed by atoms with Crippen molar-refractivity contribution in [3.8, 4) is 0 Å². The van der Waals surface area contributed by atoms with Gasteiger partial charge in [0.25, 0.3) is 0 Å². The van der Waals surface area contributed by atoms with Crippen molar-refractivity contribution < 1.29 is 4.42 Å². The van der Waals surface area contributed by atoms with Crippen molar-refractivity contribution in [3.63, 3.8) is 0 Å². The summed E-state index contributed by atoms with van der Waals surface area (Å²) < 4.78 is 6.07.